The molecule has 1 fully saturated rings. The molecule has 0 atom stereocenters. The van der Waals surface area contributed by atoms with E-state index in [9.17, 15) is 14.4 Å². The molecule has 3 amide bonds. The summed E-state index contributed by atoms with van der Waals surface area (Å²) in [5.74, 6) is -0.220. The molecule has 0 saturated carbocycles. The highest BCUT2D eigenvalue weighted by atomic mass is 32.2. The predicted molar refractivity (Wildman–Crippen MR) is 97.2 cm³/mol. The number of amides is 3. The third kappa shape index (κ3) is 5.07. The van der Waals surface area contributed by atoms with Gasteiger partial charge in [0.1, 0.15) is 12.3 Å². The molecule has 1 heterocycles. The van der Waals surface area contributed by atoms with Gasteiger partial charge in [-0.3, -0.25) is 19.3 Å². The van der Waals surface area contributed by atoms with Gasteiger partial charge in [0.2, 0.25) is 5.91 Å². The fourth-order valence-electron chi connectivity index (χ4n) is 2.18. The van der Waals surface area contributed by atoms with Crippen molar-refractivity contribution < 1.29 is 19.1 Å². The molecular weight excluding hydrogens is 342 g/mol. The van der Waals surface area contributed by atoms with Crippen LogP contribution in [0.25, 0.3) is 6.08 Å². The highest BCUT2D eigenvalue weighted by Crippen LogP contribution is 2.33. The number of hydrogen-bond donors (Lipinski definition) is 1. The Labute approximate surface area is 151 Å². The predicted octanol–water partition coefficient (Wildman–Crippen LogP) is 1.41. The number of methoxy groups -OCH3 is 1. The van der Waals surface area contributed by atoms with Gasteiger partial charge in [-0.1, -0.05) is 18.2 Å². The van der Waals surface area contributed by atoms with Crippen LogP contribution >= 0.6 is 11.8 Å². The standard InChI is InChI=1S/C17H21N3O4S/c1-19(2)9-8-18-15(21)11-20-16(22)14(25-17(20)23)10-12-6-4-5-7-13(12)24-3/h4-7,10H,8-9,11H2,1-3H3,(H,18,21). The number of benzene rings is 1. The summed E-state index contributed by atoms with van der Waals surface area (Å²) in [6, 6.07) is 7.20. The third-order valence-electron chi connectivity index (χ3n) is 3.48. The number of thioether (sulfide) groups is 1. The number of carbonyl (C=O) groups is 3. The van der Waals surface area contributed by atoms with Gasteiger partial charge < -0.3 is 15.0 Å². The molecule has 1 aliphatic heterocycles. The highest BCUT2D eigenvalue weighted by molar-refractivity contribution is 8.18. The van der Waals surface area contributed by atoms with Crippen LogP contribution in [-0.2, 0) is 9.59 Å². The van der Waals surface area contributed by atoms with E-state index in [1.807, 2.05) is 31.1 Å². The molecule has 0 radical (unpaired) electrons. The summed E-state index contributed by atoms with van der Waals surface area (Å²) in [6.07, 6.45) is 1.60. The summed E-state index contributed by atoms with van der Waals surface area (Å²) in [6.45, 7) is 0.863. The van der Waals surface area contributed by atoms with Crippen molar-refractivity contribution in [3.05, 3.63) is 34.7 Å². The molecule has 25 heavy (non-hydrogen) atoms. The number of nitrogens with zero attached hydrogens (tertiary/aromatic N) is 2. The highest BCUT2D eigenvalue weighted by Gasteiger charge is 2.36. The zero-order chi connectivity index (χ0) is 18.4. The van der Waals surface area contributed by atoms with Crippen LogP contribution in [-0.4, -0.2) is 67.7 Å². The number of nitrogens with one attached hydrogen (secondary N) is 1. The van der Waals surface area contributed by atoms with E-state index in [-0.39, 0.29) is 17.4 Å². The van der Waals surface area contributed by atoms with Crippen molar-refractivity contribution in [2.24, 2.45) is 0 Å². The first-order valence-corrected chi connectivity index (χ1v) is 8.54. The Morgan fingerprint density at radius 3 is 2.72 bits per heavy atom. The minimum atomic E-state index is -0.469. The van der Waals surface area contributed by atoms with Crippen LogP contribution in [0.4, 0.5) is 4.79 Å². The Kier molecular flexibility index (Phi) is 6.60. The number of imide groups is 1. The van der Waals surface area contributed by atoms with E-state index >= 15 is 0 Å². The summed E-state index contributed by atoms with van der Waals surface area (Å²) < 4.78 is 5.24. The summed E-state index contributed by atoms with van der Waals surface area (Å²) in [5, 5.41) is 2.24. The lowest BCUT2D eigenvalue weighted by Gasteiger charge is -2.14. The van der Waals surface area contributed by atoms with E-state index in [2.05, 4.69) is 5.32 Å². The molecule has 8 heteroatoms. The van der Waals surface area contributed by atoms with Crippen molar-refractivity contribution >= 4 is 34.9 Å². The molecule has 1 aliphatic rings. The third-order valence-corrected chi connectivity index (χ3v) is 4.39. The molecule has 0 aromatic heterocycles. The Bertz CT molecular complexity index is 703. The van der Waals surface area contributed by atoms with Gasteiger partial charge in [-0.05, 0) is 38.0 Å². The summed E-state index contributed by atoms with van der Waals surface area (Å²) >= 11 is 0.821. The lowest BCUT2D eigenvalue weighted by molar-refractivity contribution is -0.129. The second-order valence-corrected chi connectivity index (χ2v) is 6.66. The first kappa shape index (κ1) is 19.0. The fraction of sp³-hybridized carbons (Fsp3) is 0.353. The molecule has 134 valence electrons. The summed E-state index contributed by atoms with van der Waals surface area (Å²) in [4.78, 5) is 39.6. The Morgan fingerprint density at radius 1 is 1.32 bits per heavy atom. The second kappa shape index (κ2) is 8.68. The molecule has 1 saturated heterocycles. The lowest BCUT2D eigenvalue weighted by atomic mass is 10.2. The van der Waals surface area contributed by atoms with Gasteiger partial charge in [0.25, 0.3) is 11.1 Å². The van der Waals surface area contributed by atoms with Gasteiger partial charge in [-0.2, -0.15) is 0 Å². The van der Waals surface area contributed by atoms with Crippen molar-refractivity contribution in [1.29, 1.82) is 0 Å². The van der Waals surface area contributed by atoms with Crippen molar-refractivity contribution in [2.45, 2.75) is 0 Å². The Hall–Kier alpha value is -2.32. The fourth-order valence-corrected chi connectivity index (χ4v) is 3.01. The number of likely N-dealkylation sites (N-methyl/N-ethyl adjacent to an activating group) is 1. The average molecular weight is 363 g/mol. The molecular formula is C17H21N3O4S. The maximum atomic E-state index is 12.4. The second-order valence-electron chi connectivity index (χ2n) is 5.66. The molecule has 0 bridgehead atoms. The van der Waals surface area contributed by atoms with E-state index in [0.717, 1.165) is 16.7 Å². The van der Waals surface area contributed by atoms with Crippen LogP contribution in [0.15, 0.2) is 29.2 Å². The molecule has 2 rings (SSSR count). The Morgan fingerprint density at radius 2 is 2.04 bits per heavy atom. The number of para-hydroxylation sites is 1. The minimum Gasteiger partial charge on any atom is -0.496 e. The molecule has 7 nitrogen and oxygen atoms in total. The SMILES string of the molecule is COc1ccccc1C=C1SC(=O)N(CC(=O)NCCN(C)C)C1=O. The van der Waals surface area contributed by atoms with Crippen LogP contribution in [0.2, 0.25) is 0 Å². The van der Waals surface area contributed by atoms with Crippen molar-refractivity contribution in [3.8, 4) is 5.75 Å². The van der Waals surface area contributed by atoms with E-state index in [0.29, 0.717) is 24.4 Å². The molecule has 1 N–H and O–H groups in total. The van der Waals surface area contributed by atoms with Gasteiger partial charge in [0.15, 0.2) is 0 Å². The topological polar surface area (TPSA) is 79.0 Å². The number of carbonyl (C=O) groups excluding carboxylic acids is 3. The van der Waals surface area contributed by atoms with Crippen LogP contribution in [0.5, 0.6) is 5.75 Å². The van der Waals surface area contributed by atoms with Crippen LogP contribution < -0.4 is 10.1 Å². The van der Waals surface area contributed by atoms with E-state index in [1.165, 1.54) is 7.11 Å². The largest absolute Gasteiger partial charge is 0.496 e. The number of hydrogen-bond acceptors (Lipinski definition) is 6. The van der Waals surface area contributed by atoms with Crippen LogP contribution in [0.1, 0.15) is 5.56 Å². The van der Waals surface area contributed by atoms with Crippen molar-refractivity contribution in [3.63, 3.8) is 0 Å². The molecule has 1 aromatic carbocycles. The zero-order valence-corrected chi connectivity index (χ0v) is 15.3. The van der Waals surface area contributed by atoms with E-state index in [1.54, 1.807) is 18.2 Å². The monoisotopic (exact) mass is 363 g/mol. The van der Waals surface area contributed by atoms with Crippen molar-refractivity contribution in [2.75, 3.05) is 40.8 Å². The van der Waals surface area contributed by atoms with Gasteiger partial charge in [0, 0.05) is 18.7 Å². The lowest BCUT2D eigenvalue weighted by Crippen LogP contribution is -2.41. The van der Waals surface area contributed by atoms with Gasteiger partial charge in [0.05, 0.1) is 12.0 Å². The van der Waals surface area contributed by atoms with Gasteiger partial charge in [-0.15, -0.1) is 0 Å². The summed E-state index contributed by atoms with van der Waals surface area (Å²) in [7, 11) is 5.33. The normalized spacial score (nSPS) is 16.0. The smallest absolute Gasteiger partial charge is 0.294 e. The molecule has 0 spiro atoms. The maximum Gasteiger partial charge on any atom is 0.294 e. The van der Waals surface area contributed by atoms with Crippen LogP contribution in [0.3, 0.4) is 0 Å². The minimum absolute atomic E-state index is 0.274. The van der Waals surface area contributed by atoms with E-state index < -0.39 is 11.1 Å². The molecule has 1 aromatic rings. The average Bonchev–Trinajstić information content (AvgIpc) is 2.82. The maximum absolute atomic E-state index is 12.4. The first-order valence-electron chi connectivity index (χ1n) is 7.72. The molecule has 0 unspecified atom stereocenters. The van der Waals surface area contributed by atoms with Crippen LogP contribution in [0, 0.1) is 0 Å². The number of ether oxygens (including phenoxy) is 1. The van der Waals surface area contributed by atoms with Crippen molar-refractivity contribution in [1.82, 2.24) is 15.1 Å². The molecule has 0 aliphatic carbocycles. The number of rotatable bonds is 7. The van der Waals surface area contributed by atoms with E-state index in [4.69, 9.17) is 4.74 Å². The first-order chi connectivity index (χ1) is 11.9. The Balaban J connectivity index is 2.04. The van der Waals surface area contributed by atoms with Gasteiger partial charge >= 0.3 is 0 Å². The quantitative estimate of drug-likeness (QED) is 0.738. The summed E-state index contributed by atoms with van der Waals surface area (Å²) in [5.41, 5.74) is 0.700. The zero-order valence-electron chi connectivity index (χ0n) is 14.4. The van der Waals surface area contributed by atoms with Gasteiger partial charge in [-0.25, -0.2) is 0 Å².